The zero-order valence-electron chi connectivity index (χ0n) is 13.3. The molecule has 2 aromatic rings. The largest absolute Gasteiger partial charge is 0.383 e. The number of nitrogens with zero attached hydrogens (tertiary/aromatic N) is 1. The maximum absolute atomic E-state index is 12.1. The molecular formula is C18H18N2O2S2. The lowest BCUT2D eigenvalue weighted by atomic mass is 10.2. The van der Waals surface area contributed by atoms with Crippen LogP contribution in [0.2, 0.25) is 0 Å². The van der Waals surface area contributed by atoms with Crippen LogP contribution in [0.1, 0.15) is 10.4 Å². The van der Waals surface area contributed by atoms with Crippen LogP contribution in [0, 0.1) is 0 Å². The molecule has 0 radical (unpaired) electrons. The maximum Gasteiger partial charge on any atom is 0.261 e. The van der Waals surface area contributed by atoms with Gasteiger partial charge in [0.15, 0.2) is 0 Å². The van der Waals surface area contributed by atoms with Crippen LogP contribution >= 0.6 is 23.7 Å². The van der Waals surface area contributed by atoms with E-state index in [0.29, 0.717) is 12.2 Å². The molecule has 124 valence electrons. The average Bonchev–Trinajstić information content (AvgIpc) is 2.98. The van der Waals surface area contributed by atoms with E-state index in [1.807, 2.05) is 35.7 Å². The summed E-state index contributed by atoms with van der Waals surface area (Å²) in [4.78, 5) is 15.5. The second-order valence-electron chi connectivity index (χ2n) is 5.09. The number of amides is 1. The van der Waals surface area contributed by atoms with Crippen LogP contribution in [0.3, 0.4) is 0 Å². The Kier molecular flexibility index (Phi) is 5.85. The third-order valence-corrected chi connectivity index (χ3v) is 5.41. The number of benzene rings is 2. The van der Waals surface area contributed by atoms with Crippen LogP contribution in [-0.2, 0) is 4.74 Å². The molecule has 3 rings (SSSR count). The molecule has 0 aliphatic carbocycles. The molecule has 24 heavy (non-hydrogen) atoms. The van der Waals surface area contributed by atoms with E-state index >= 15 is 0 Å². The molecule has 0 unspecified atom stereocenters. The molecule has 0 atom stereocenters. The number of carbonyl (C=O) groups excluding carboxylic acids is 1. The van der Waals surface area contributed by atoms with E-state index in [4.69, 9.17) is 4.74 Å². The number of hydrogen-bond acceptors (Lipinski definition) is 5. The molecule has 0 fully saturated rings. The Morgan fingerprint density at radius 2 is 1.96 bits per heavy atom. The van der Waals surface area contributed by atoms with Gasteiger partial charge in [-0.2, -0.15) is 0 Å². The van der Waals surface area contributed by atoms with E-state index in [9.17, 15) is 4.79 Å². The summed E-state index contributed by atoms with van der Waals surface area (Å²) in [6, 6.07) is 17.5. The Bertz CT molecular complexity index is 735. The van der Waals surface area contributed by atoms with Crippen molar-refractivity contribution >= 4 is 35.3 Å². The number of anilines is 1. The smallest absolute Gasteiger partial charge is 0.261 e. The van der Waals surface area contributed by atoms with Gasteiger partial charge >= 0.3 is 0 Å². The van der Waals surface area contributed by atoms with Crippen molar-refractivity contribution in [1.29, 1.82) is 0 Å². The Balaban J connectivity index is 1.67. The first-order chi connectivity index (χ1) is 11.8. The van der Waals surface area contributed by atoms with Crippen LogP contribution in [-0.4, -0.2) is 26.2 Å². The Labute approximate surface area is 150 Å². The Morgan fingerprint density at radius 1 is 1.21 bits per heavy atom. The van der Waals surface area contributed by atoms with Gasteiger partial charge in [0, 0.05) is 29.5 Å². The zero-order chi connectivity index (χ0) is 16.8. The normalized spacial score (nSPS) is 14.7. The first kappa shape index (κ1) is 17.0. The summed E-state index contributed by atoms with van der Waals surface area (Å²) in [6.45, 7) is 1.42. The summed E-state index contributed by atoms with van der Waals surface area (Å²) in [5, 5.41) is 3.06. The van der Waals surface area contributed by atoms with Gasteiger partial charge in [0.1, 0.15) is 0 Å². The number of methoxy groups -OCH3 is 1. The summed E-state index contributed by atoms with van der Waals surface area (Å²) in [5.41, 5.74) is 1.84. The van der Waals surface area contributed by atoms with Gasteiger partial charge in [-0.25, -0.2) is 0 Å². The summed E-state index contributed by atoms with van der Waals surface area (Å²) in [5.74, 6) is -0.0959. The van der Waals surface area contributed by atoms with Crippen LogP contribution in [0.5, 0.6) is 0 Å². The van der Waals surface area contributed by atoms with E-state index in [-0.39, 0.29) is 5.91 Å². The van der Waals surface area contributed by atoms with Gasteiger partial charge in [0.05, 0.1) is 17.3 Å². The van der Waals surface area contributed by atoms with Crippen molar-refractivity contribution in [3.05, 3.63) is 70.6 Å². The van der Waals surface area contributed by atoms with E-state index < -0.39 is 0 Å². The van der Waals surface area contributed by atoms with Crippen molar-refractivity contribution in [2.24, 2.45) is 0 Å². The van der Waals surface area contributed by atoms with Crippen molar-refractivity contribution in [1.82, 2.24) is 4.72 Å². The lowest BCUT2D eigenvalue weighted by Gasteiger charge is -2.19. The molecule has 0 aromatic heterocycles. The molecule has 1 aliphatic heterocycles. The van der Waals surface area contributed by atoms with Crippen molar-refractivity contribution < 1.29 is 9.53 Å². The molecule has 0 bridgehead atoms. The quantitative estimate of drug-likeness (QED) is 0.787. The minimum absolute atomic E-state index is 0.0959. The Hall–Kier alpha value is -1.89. The van der Waals surface area contributed by atoms with E-state index in [0.717, 1.165) is 11.6 Å². The average molecular weight is 358 g/mol. The first-order valence-electron chi connectivity index (χ1n) is 7.54. The lowest BCUT2D eigenvalue weighted by molar-refractivity contribution is 0.0984. The predicted octanol–water partition coefficient (Wildman–Crippen LogP) is 4.12. The minimum Gasteiger partial charge on any atom is -0.383 e. The molecule has 1 amide bonds. The van der Waals surface area contributed by atoms with Gasteiger partial charge < -0.3 is 9.64 Å². The fourth-order valence-corrected chi connectivity index (χ4v) is 4.14. The van der Waals surface area contributed by atoms with E-state index in [1.54, 1.807) is 31.0 Å². The topological polar surface area (TPSA) is 41.6 Å². The SMILES string of the molecule is COCCN1C(=CSNC(=O)c2ccccc2)Sc2ccccc21. The van der Waals surface area contributed by atoms with Gasteiger partial charge in [0.25, 0.3) is 5.91 Å². The van der Waals surface area contributed by atoms with Gasteiger partial charge in [-0.3, -0.25) is 9.52 Å². The highest BCUT2D eigenvalue weighted by molar-refractivity contribution is 8.06. The number of nitrogens with one attached hydrogen (secondary N) is 1. The highest BCUT2D eigenvalue weighted by Gasteiger charge is 2.24. The standard InChI is InChI=1S/C18H18N2O2S2/c1-22-12-11-20-15-9-5-6-10-16(15)24-17(20)13-23-19-18(21)14-7-3-2-4-8-14/h2-10,13H,11-12H2,1H3,(H,19,21). The van der Waals surface area contributed by atoms with E-state index in [2.05, 4.69) is 21.8 Å². The van der Waals surface area contributed by atoms with Crippen molar-refractivity contribution in [3.8, 4) is 0 Å². The molecule has 1 aliphatic rings. The van der Waals surface area contributed by atoms with Crippen molar-refractivity contribution in [2.75, 3.05) is 25.2 Å². The summed E-state index contributed by atoms with van der Waals surface area (Å²) in [6.07, 6.45) is 0. The molecule has 0 spiro atoms. The molecule has 0 saturated heterocycles. The summed E-state index contributed by atoms with van der Waals surface area (Å²) < 4.78 is 8.07. The second-order valence-corrected chi connectivity index (χ2v) is 6.82. The van der Waals surface area contributed by atoms with Gasteiger partial charge in [-0.1, -0.05) is 42.1 Å². The second kappa shape index (κ2) is 8.28. The lowest BCUT2D eigenvalue weighted by Crippen LogP contribution is -2.22. The Morgan fingerprint density at radius 3 is 2.75 bits per heavy atom. The number of fused-ring (bicyclic) bond motifs is 1. The van der Waals surface area contributed by atoms with Crippen molar-refractivity contribution in [2.45, 2.75) is 4.90 Å². The molecule has 1 N–H and O–H groups in total. The number of thioether (sulfide) groups is 1. The number of ether oxygens (including phenoxy) is 1. The van der Waals surface area contributed by atoms with Crippen LogP contribution in [0.15, 0.2) is 69.9 Å². The van der Waals surface area contributed by atoms with Crippen LogP contribution < -0.4 is 9.62 Å². The monoisotopic (exact) mass is 358 g/mol. The summed E-state index contributed by atoms with van der Waals surface area (Å²) in [7, 11) is 1.70. The van der Waals surface area contributed by atoms with Crippen LogP contribution in [0.25, 0.3) is 0 Å². The van der Waals surface area contributed by atoms with E-state index in [1.165, 1.54) is 22.5 Å². The number of carbonyl (C=O) groups is 1. The first-order valence-corrected chi connectivity index (χ1v) is 9.24. The third-order valence-electron chi connectivity index (χ3n) is 3.50. The highest BCUT2D eigenvalue weighted by atomic mass is 32.2. The molecule has 2 aromatic carbocycles. The number of rotatable bonds is 6. The predicted molar refractivity (Wildman–Crippen MR) is 101 cm³/mol. The maximum atomic E-state index is 12.1. The van der Waals surface area contributed by atoms with Gasteiger partial charge in [-0.05, 0) is 36.2 Å². The fraction of sp³-hybridized carbons (Fsp3) is 0.167. The molecule has 1 heterocycles. The third kappa shape index (κ3) is 3.95. The summed E-state index contributed by atoms with van der Waals surface area (Å²) >= 11 is 3.00. The minimum atomic E-state index is -0.0959. The number of para-hydroxylation sites is 1. The zero-order valence-corrected chi connectivity index (χ0v) is 14.9. The molecular weight excluding hydrogens is 340 g/mol. The molecule has 6 heteroatoms. The molecule has 0 saturated carbocycles. The van der Waals surface area contributed by atoms with Gasteiger partial charge in [0.2, 0.25) is 0 Å². The van der Waals surface area contributed by atoms with Crippen LogP contribution in [0.4, 0.5) is 5.69 Å². The fourth-order valence-electron chi connectivity index (χ4n) is 2.34. The van der Waals surface area contributed by atoms with Crippen molar-refractivity contribution in [3.63, 3.8) is 0 Å². The number of hydrogen-bond donors (Lipinski definition) is 1. The highest BCUT2D eigenvalue weighted by Crippen LogP contribution is 2.46. The molecule has 4 nitrogen and oxygen atoms in total. The van der Waals surface area contributed by atoms with Gasteiger partial charge in [-0.15, -0.1) is 0 Å².